The number of methoxy groups -OCH3 is 1. The average Bonchev–Trinajstić information content (AvgIpc) is 2.82. The van der Waals surface area contributed by atoms with Crippen LogP contribution in [-0.4, -0.2) is 19.0 Å². The minimum absolute atomic E-state index is 0.0765. The second kappa shape index (κ2) is 11.8. The molecule has 3 rings (SSSR count). The van der Waals surface area contributed by atoms with E-state index < -0.39 is 0 Å². The van der Waals surface area contributed by atoms with Gasteiger partial charge in [0.05, 0.1) is 13.0 Å². The van der Waals surface area contributed by atoms with Gasteiger partial charge in [0.15, 0.2) is 0 Å². The number of carbonyl (C=O) groups is 2. The Morgan fingerprint density at radius 1 is 0.781 bits per heavy atom. The Hall–Kier alpha value is -3.40. The molecule has 1 N–H and O–H groups in total. The van der Waals surface area contributed by atoms with Gasteiger partial charge in [-0.1, -0.05) is 66.7 Å². The monoisotopic (exact) mass is 429 g/mol. The first-order chi connectivity index (χ1) is 15.5. The van der Waals surface area contributed by atoms with Gasteiger partial charge in [0.25, 0.3) is 0 Å². The molecule has 1 atom stereocenters. The number of ether oxygens (including phenoxy) is 1. The smallest absolute Gasteiger partial charge is 0.308 e. The average molecular weight is 430 g/mol. The van der Waals surface area contributed by atoms with Gasteiger partial charge < -0.3 is 10.1 Å². The van der Waals surface area contributed by atoms with E-state index in [2.05, 4.69) is 41.7 Å². The van der Waals surface area contributed by atoms with Crippen molar-refractivity contribution in [1.82, 2.24) is 0 Å². The van der Waals surface area contributed by atoms with Gasteiger partial charge in [-0.2, -0.15) is 0 Å². The SMILES string of the molecule is COC(=O)C(CCCc1ccccc1)CCc1ccc(-c2ccc(NC(C)=O)cc2)cc1. The van der Waals surface area contributed by atoms with Crippen molar-refractivity contribution in [2.75, 3.05) is 12.4 Å². The maximum absolute atomic E-state index is 12.3. The van der Waals surface area contributed by atoms with E-state index >= 15 is 0 Å². The molecule has 0 radical (unpaired) electrons. The van der Waals surface area contributed by atoms with Gasteiger partial charge in [-0.15, -0.1) is 0 Å². The number of amides is 1. The zero-order valence-electron chi connectivity index (χ0n) is 18.8. The molecule has 0 heterocycles. The quantitative estimate of drug-likeness (QED) is 0.399. The van der Waals surface area contributed by atoms with E-state index in [-0.39, 0.29) is 17.8 Å². The first-order valence-electron chi connectivity index (χ1n) is 11.1. The summed E-state index contributed by atoms with van der Waals surface area (Å²) in [5.74, 6) is -0.272. The maximum atomic E-state index is 12.3. The van der Waals surface area contributed by atoms with E-state index in [4.69, 9.17) is 4.74 Å². The van der Waals surface area contributed by atoms with E-state index in [0.717, 1.165) is 48.9 Å². The Bertz CT molecular complexity index is 995. The van der Waals surface area contributed by atoms with E-state index in [1.54, 1.807) is 0 Å². The van der Waals surface area contributed by atoms with Crippen molar-refractivity contribution in [3.63, 3.8) is 0 Å². The zero-order valence-corrected chi connectivity index (χ0v) is 18.8. The fraction of sp³-hybridized carbons (Fsp3) is 0.286. The van der Waals surface area contributed by atoms with Crippen molar-refractivity contribution in [3.8, 4) is 11.1 Å². The summed E-state index contributed by atoms with van der Waals surface area (Å²) in [6, 6.07) is 26.6. The third kappa shape index (κ3) is 7.09. The van der Waals surface area contributed by atoms with Crippen molar-refractivity contribution >= 4 is 17.6 Å². The predicted octanol–water partition coefficient (Wildman–Crippen LogP) is 6.06. The third-order valence-corrected chi connectivity index (χ3v) is 5.67. The number of nitrogens with one attached hydrogen (secondary N) is 1. The lowest BCUT2D eigenvalue weighted by Gasteiger charge is -2.15. The van der Waals surface area contributed by atoms with Gasteiger partial charge in [0.2, 0.25) is 5.91 Å². The summed E-state index contributed by atoms with van der Waals surface area (Å²) in [6.45, 7) is 1.50. The van der Waals surface area contributed by atoms with Gasteiger partial charge in [-0.3, -0.25) is 9.59 Å². The van der Waals surface area contributed by atoms with Crippen LogP contribution in [0.1, 0.15) is 37.3 Å². The molecule has 0 spiro atoms. The van der Waals surface area contributed by atoms with Crippen molar-refractivity contribution in [1.29, 1.82) is 0 Å². The van der Waals surface area contributed by atoms with Gasteiger partial charge in [-0.25, -0.2) is 0 Å². The number of hydrogen-bond donors (Lipinski definition) is 1. The van der Waals surface area contributed by atoms with Crippen LogP contribution in [0.5, 0.6) is 0 Å². The number of esters is 1. The summed E-state index contributed by atoms with van der Waals surface area (Å²) in [5.41, 5.74) is 5.52. The van der Waals surface area contributed by atoms with E-state index in [1.807, 2.05) is 42.5 Å². The molecule has 0 aliphatic carbocycles. The van der Waals surface area contributed by atoms with Gasteiger partial charge in [0.1, 0.15) is 0 Å². The van der Waals surface area contributed by atoms with Crippen molar-refractivity contribution in [2.24, 2.45) is 5.92 Å². The minimum Gasteiger partial charge on any atom is -0.469 e. The fourth-order valence-corrected chi connectivity index (χ4v) is 3.90. The number of benzene rings is 3. The Labute approximate surface area is 190 Å². The molecule has 4 heteroatoms. The Kier molecular flexibility index (Phi) is 8.61. The lowest BCUT2D eigenvalue weighted by Crippen LogP contribution is -2.17. The number of carbonyl (C=O) groups excluding carboxylic acids is 2. The molecule has 0 saturated heterocycles. The second-order valence-electron chi connectivity index (χ2n) is 8.09. The molecule has 0 aliphatic rings. The molecule has 166 valence electrons. The summed E-state index contributed by atoms with van der Waals surface area (Å²) in [5, 5.41) is 2.78. The van der Waals surface area contributed by atoms with E-state index in [9.17, 15) is 9.59 Å². The van der Waals surface area contributed by atoms with Crippen molar-refractivity contribution in [2.45, 2.75) is 39.0 Å². The Balaban J connectivity index is 1.54. The summed E-state index contributed by atoms with van der Waals surface area (Å²) in [7, 11) is 1.47. The molecule has 4 nitrogen and oxygen atoms in total. The molecule has 1 amide bonds. The molecule has 3 aromatic rings. The summed E-state index contributed by atoms with van der Waals surface area (Å²) < 4.78 is 5.05. The Morgan fingerprint density at radius 3 is 1.97 bits per heavy atom. The number of anilines is 1. The first-order valence-corrected chi connectivity index (χ1v) is 11.1. The Morgan fingerprint density at radius 2 is 1.38 bits per heavy atom. The van der Waals surface area contributed by atoms with Gasteiger partial charge in [0, 0.05) is 12.6 Å². The lowest BCUT2D eigenvalue weighted by molar-refractivity contribution is -0.146. The molecule has 0 aliphatic heterocycles. The summed E-state index contributed by atoms with van der Waals surface area (Å²) in [6.07, 6.45) is 4.40. The van der Waals surface area contributed by atoms with Crippen LogP contribution >= 0.6 is 0 Å². The third-order valence-electron chi connectivity index (χ3n) is 5.67. The minimum atomic E-state index is -0.117. The number of aryl methyl sites for hydroxylation is 2. The highest BCUT2D eigenvalue weighted by molar-refractivity contribution is 5.89. The second-order valence-corrected chi connectivity index (χ2v) is 8.09. The molecule has 0 fully saturated rings. The van der Waals surface area contributed by atoms with Crippen LogP contribution in [-0.2, 0) is 27.2 Å². The molecule has 0 bridgehead atoms. The molecule has 1 unspecified atom stereocenters. The standard InChI is InChI=1S/C28H31NO3/c1-21(30)29-27-19-17-25(18-20-27)24-14-11-23(12-15-24)13-16-26(28(31)32-2)10-6-9-22-7-4-3-5-8-22/h3-5,7-8,11-12,14-15,17-20,26H,6,9-10,13,16H2,1-2H3,(H,29,30). The van der Waals surface area contributed by atoms with Crippen LogP contribution in [0.3, 0.4) is 0 Å². The normalized spacial score (nSPS) is 11.6. The molecule has 3 aromatic carbocycles. The summed E-state index contributed by atoms with van der Waals surface area (Å²) in [4.78, 5) is 23.4. The van der Waals surface area contributed by atoms with Crippen LogP contribution in [0, 0.1) is 5.92 Å². The van der Waals surface area contributed by atoms with Crippen LogP contribution < -0.4 is 5.32 Å². The maximum Gasteiger partial charge on any atom is 0.308 e. The topological polar surface area (TPSA) is 55.4 Å². The van der Waals surface area contributed by atoms with Crippen LogP contribution in [0.25, 0.3) is 11.1 Å². The molecule has 32 heavy (non-hydrogen) atoms. The molecule has 0 aromatic heterocycles. The predicted molar refractivity (Wildman–Crippen MR) is 129 cm³/mol. The lowest BCUT2D eigenvalue weighted by atomic mass is 9.93. The van der Waals surface area contributed by atoms with Crippen LogP contribution in [0.15, 0.2) is 78.9 Å². The van der Waals surface area contributed by atoms with E-state index in [1.165, 1.54) is 25.2 Å². The molecular formula is C28H31NO3. The highest BCUT2D eigenvalue weighted by Crippen LogP contribution is 2.24. The van der Waals surface area contributed by atoms with Gasteiger partial charge >= 0.3 is 5.97 Å². The largest absolute Gasteiger partial charge is 0.469 e. The van der Waals surface area contributed by atoms with Crippen LogP contribution in [0.4, 0.5) is 5.69 Å². The highest BCUT2D eigenvalue weighted by Gasteiger charge is 2.18. The zero-order chi connectivity index (χ0) is 22.8. The van der Waals surface area contributed by atoms with Crippen LogP contribution in [0.2, 0.25) is 0 Å². The highest BCUT2D eigenvalue weighted by atomic mass is 16.5. The number of rotatable bonds is 10. The first kappa shape index (κ1) is 23.3. The molecular weight excluding hydrogens is 398 g/mol. The number of hydrogen-bond acceptors (Lipinski definition) is 3. The van der Waals surface area contributed by atoms with Crippen molar-refractivity contribution in [3.05, 3.63) is 90.0 Å². The van der Waals surface area contributed by atoms with Gasteiger partial charge in [-0.05, 0) is 66.5 Å². The molecule has 0 saturated carbocycles. The fourth-order valence-electron chi connectivity index (χ4n) is 3.90. The van der Waals surface area contributed by atoms with Crippen molar-refractivity contribution < 1.29 is 14.3 Å². The van der Waals surface area contributed by atoms with E-state index in [0.29, 0.717) is 0 Å². The summed E-state index contributed by atoms with van der Waals surface area (Å²) >= 11 is 0.